The topological polar surface area (TPSA) is 58.1 Å². The molecular formula is C25H27FN4O. The number of nitrogens with one attached hydrogen (secondary N) is 1. The van der Waals surface area contributed by atoms with Crippen LogP contribution in [0.15, 0.2) is 48.9 Å². The predicted octanol–water partition coefficient (Wildman–Crippen LogP) is 4.68. The summed E-state index contributed by atoms with van der Waals surface area (Å²) in [6, 6.07) is 8.60. The van der Waals surface area contributed by atoms with Crippen LogP contribution in [0.4, 0.5) is 4.39 Å². The lowest BCUT2D eigenvalue weighted by Crippen LogP contribution is -2.37. The van der Waals surface area contributed by atoms with Crippen LogP contribution < -0.4 is 5.32 Å². The van der Waals surface area contributed by atoms with Crippen LogP contribution in [-0.2, 0) is 0 Å². The molecule has 1 aromatic heterocycles. The molecule has 0 radical (unpaired) electrons. The molecule has 1 aliphatic rings. The maximum atomic E-state index is 14.3. The van der Waals surface area contributed by atoms with Crippen LogP contribution in [-0.4, -0.2) is 46.5 Å². The second-order valence-electron chi connectivity index (χ2n) is 8.04. The van der Waals surface area contributed by atoms with Crippen LogP contribution in [0.5, 0.6) is 0 Å². The molecule has 2 heterocycles. The lowest BCUT2D eigenvalue weighted by molar-refractivity contribution is 0.0717. The van der Waals surface area contributed by atoms with Crippen molar-refractivity contribution in [2.75, 3.05) is 19.6 Å². The van der Waals surface area contributed by atoms with Crippen LogP contribution in [0.1, 0.15) is 43.1 Å². The van der Waals surface area contributed by atoms with Gasteiger partial charge in [-0.1, -0.05) is 12.1 Å². The Morgan fingerprint density at radius 3 is 2.77 bits per heavy atom. The highest BCUT2D eigenvalue weighted by molar-refractivity contribution is 6.06. The van der Waals surface area contributed by atoms with Gasteiger partial charge in [-0.05, 0) is 80.3 Å². The van der Waals surface area contributed by atoms with Crippen LogP contribution in [0.2, 0.25) is 0 Å². The minimum Gasteiger partial charge on any atom is -0.336 e. The Morgan fingerprint density at radius 1 is 1.23 bits per heavy atom. The van der Waals surface area contributed by atoms with E-state index in [4.69, 9.17) is 0 Å². The number of fused-ring (bicyclic) bond motifs is 1. The van der Waals surface area contributed by atoms with Crippen LogP contribution in [0.3, 0.4) is 0 Å². The van der Waals surface area contributed by atoms with Crippen molar-refractivity contribution in [3.8, 4) is 11.1 Å². The van der Waals surface area contributed by atoms with E-state index in [1.807, 2.05) is 20.8 Å². The average molecular weight is 419 g/mol. The zero-order valence-corrected chi connectivity index (χ0v) is 18.2. The smallest absolute Gasteiger partial charge is 0.254 e. The van der Waals surface area contributed by atoms with Gasteiger partial charge in [-0.2, -0.15) is 0 Å². The molecule has 1 aliphatic heterocycles. The maximum Gasteiger partial charge on any atom is 0.254 e. The number of aromatic nitrogens is 2. The third-order valence-corrected chi connectivity index (χ3v) is 5.79. The van der Waals surface area contributed by atoms with E-state index < -0.39 is 5.82 Å². The summed E-state index contributed by atoms with van der Waals surface area (Å²) in [5.41, 5.74) is 5.02. The summed E-state index contributed by atoms with van der Waals surface area (Å²) in [4.78, 5) is 23.8. The molecule has 31 heavy (non-hydrogen) atoms. The molecule has 1 amide bonds. The Hall–Kier alpha value is -3.12. The van der Waals surface area contributed by atoms with Crippen molar-refractivity contribution < 1.29 is 9.18 Å². The number of hydrogen-bond acceptors (Lipinski definition) is 4. The van der Waals surface area contributed by atoms with Gasteiger partial charge in [0.1, 0.15) is 12.1 Å². The van der Waals surface area contributed by atoms with Crippen molar-refractivity contribution in [1.29, 1.82) is 0 Å². The maximum absolute atomic E-state index is 14.3. The van der Waals surface area contributed by atoms with Crippen molar-refractivity contribution in [1.82, 2.24) is 20.2 Å². The Kier molecular flexibility index (Phi) is 6.09. The zero-order chi connectivity index (χ0) is 22.0. The van der Waals surface area contributed by atoms with Gasteiger partial charge in [0.15, 0.2) is 0 Å². The highest BCUT2D eigenvalue weighted by Crippen LogP contribution is 2.35. The summed E-state index contributed by atoms with van der Waals surface area (Å²) < 4.78 is 14.3. The van der Waals surface area contributed by atoms with Gasteiger partial charge in [0.2, 0.25) is 0 Å². The molecule has 3 aromatic rings. The van der Waals surface area contributed by atoms with Gasteiger partial charge < -0.3 is 10.2 Å². The quantitative estimate of drug-likeness (QED) is 0.653. The number of hydrogen-bond donors (Lipinski definition) is 1. The number of benzene rings is 2. The summed E-state index contributed by atoms with van der Waals surface area (Å²) in [6.45, 7) is 8.16. The van der Waals surface area contributed by atoms with E-state index >= 15 is 0 Å². The molecule has 0 unspecified atom stereocenters. The first-order chi connectivity index (χ1) is 15.0. The number of halogens is 1. The van der Waals surface area contributed by atoms with E-state index in [0.29, 0.717) is 17.7 Å². The van der Waals surface area contributed by atoms with Crippen molar-refractivity contribution >= 4 is 22.4 Å². The number of carbonyl (C=O) groups excluding carboxylic acids is 1. The van der Waals surface area contributed by atoms with Crippen molar-refractivity contribution in [3.05, 3.63) is 65.9 Å². The van der Waals surface area contributed by atoms with Gasteiger partial charge in [-0.25, -0.2) is 14.4 Å². The molecule has 160 valence electrons. The first kappa shape index (κ1) is 21.1. The average Bonchev–Trinajstić information content (AvgIpc) is 2.79. The van der Waals surface area contributed by atoms with E-state index in [2.05, 4.69) is 33.5 Å². The third-order valence-electron chi connectivity index (χ3n) is 5.79. The molecule has 0 saturated carbocycles. The second-order valence-corrected chi connectivity index (χ2v) is 8.04. The second kappa shape index (κ2) is 8.94. The lowest BCUT2D eigenvalue weighted by atomic mass is 9.91. The third kappa shape index (κ3) is 4.21. The Balaban J connectivity index is 1.95. The Labute approximate surface area is 182 Å². The van der Waals surface area contributed by atoms with E-state index in [1.165, 1.54) is 24.0 Å². The summed E-state index contributed by atoms with van der Waals surface area (Å²) in [6.07, 6.45) is 6.39. The predicted molar refractivity (Wildman–Crippen MR) is 122 cm³/mol. The number of nitrogens with zero attached hydrogens (tertiary/aromatic N) is 3. The van der Waals surface area contributed by atoms with Gasteiger partial charge in [-0.3, -0.25) is 4.79 Å². The fourth-order valence-corrected chi connectivity index (χ4v) is 4.20. The Morgan fingerprint density at radius 2 is 2.06 bits per heavy atom. The van der Waals surface area contributed by atoms with E-state index in [9.17, 15) is 9.18 Å². The first-order valence-corrected chi connectivity index (χ1v) is 10.7. The summed E-state index contributed by atoms with van der Waals surface area (Å²) in [5, 5.41) is 4.18. The zero-order valence-electron chi connectivity index (χ0n) is 18.2. The van der Waals surface area contributed by atoms with Crippen molar-refractivity contribution in [3.63, 3.8) is 0 Å². The number of amides is 1. The summed E-state index contributed by atoms with van der Waals surface area (Å²) in [7, 11) is 0. The molecule has 0 saturated heterocycles. The molecule has 6 heteroatoms. The minimum absolute atomic E-state index is 0.0138. The van der Waals surface area contributed by atoms with Crippen LogP contribution >= 0.6 is 0 Å². The normalized spacial score (nSPS) is 14.0. The molecule has 1 N–H and O–H groups in total. The summed E-state index contributed by atoms with van der Waals surface area (Å²) >= 11 is 0. The van der Waals surface area contributed by atoms with Gasteiger partial charge in [0, 0.05) is 30.7 Å². The van der Waals surface area contributed by atoms with Gasteiger partial charge in [0.25, 0.3) is 5.91 Å². The fourth-order valence-electron chi connectivity index (χ4n) is 4.20. The molecule has 2 aromatic carbocycles. The highest BCUT2D eigenvalue weighted by Gasteiger charge is 2.23. The van der Waals surface area contributed by atoms with Crippen LogP contribution in [0.25, 0.3) is 27.6 Å². The molecule has 5 nitrogen and oxygen atoms in total. The van der Waals surface area contributed by atoms with Gasteiger partial charge in [-0.15, -0.1) is 0 Å². The van der Waals surface area contributed by atoms with E-state index in [-0.39, 0.29) is 11.9 Å². The molecule has 0 spiro atoms. The number of rotatable bonds is 5. The van der Waals surface area contributed by atoms with Crippen LogP contribution in [0, 0.1) is 5.82 Å². The number of carbonyl (C=O) groups is 1. The molecular weight excluding hydrogens is 391 g/mol. The standard InChI is InChI=1S/C25H27FN4O/c1-4-30(16(2)3)25(31)22-13-19(26)5-6-20(22)21-11-18(17-7-9-27-10-8-17)12-24-23(21)14-28-15-29-24/h5-7,11-16,27H,4,8-10H2,1-3H3. The van der Waals surface area contributed by atoms with Gasteiger partial charge in [0.05, 0.1) is 11.1 Å². The van der Waals surface area contributed by atoms with E-state index in [1.54, 1.807) is 17.2 Å². The van der Waals surface area contributed by atoms with E-state index in [0.717, 1.165) is 41.5 Å². The van der Waals surface area contributed by atoms with Crippen molar-refractivity contribution in [2.24, 2.45) is 0 Å². The Bertz CT molecular complexity index is 1160. The summed E-state index contributed by atoms with van der Waals surface area (Å²) in [5.74, 6) is -0.604. The molecule has 0 fully saturated rings. The highest BCUT2D eigenvalue weighted by atomic mass is 19.1. The largest absolute Gasteiger partial charge is 0.336 e. The SMILES string of the molecule is CCN(C(=O)c1cc(F)ccc1-c1cc(C2=CCNCC2)cc2ncncc12)C(C)C. The first-order valence-electron chi connectivity index (χ1n) is 10.7. The van der Waals surface area contributed by atoms with Crippen molar-refractivity contribution in [2.45, 2.75) is 33.2 Å². The molecule has 0 atom stereocenters. The molecule has 0 aliphatic carbocycles. The van der Waals surface area contributed by atoms with Gasteiger partial charge >= 0.3 is 0 Å². The molecule has 4 rings (SSSR count). The fraction of sp³-hybridized carbons (Fsp3) is 0.320. The monoisotopic (exact) mass is 418 g/mol. The lowest BCUT2D eigenvalue weighted by Gasteiger charge is -2.26. The minimum atomic E-state index is -0.426. The molecule has 0 bridgehead atoms.